The molecule has 0 aliphatic heterocycles. The van der Waals surface area contributed by atoms with Gasteiger partial charge in [-0.05, 0) is 24.6 Å². The first-order valence-electron chi connectivity index (χ1n) is 9.77. The van der Waals surface area contributed by atoms with Gasteiger partial charge in [0, 0.05) is 23.9 Å². The molecule has 0 radical (unpaired) electrons. The molecule has 6 heteroatoms. The summed E-state index contributed by atoms with van der Waals surface area (Å²) in [5, 5.41) is 6.71. The van der Waals surface area contributed by atoms with Crippen LogP contribution in [0.5, 0.6) is 5.75 Å². The van der Waals surface area contributed by atoms with Crippen molar-refractivity contribution in [3.8, 4) is 5.75 Å². The Bertz CT molecular complexity index is 788. The van der Waals surface area contributed by atoms with Gasteiger partial charge in [-0.25, -0.2) is 9.98 Å². The van der Waals surface area contributed by atoms with E-state index < -0.39 is 0 Å². The lowest BCUT2D eigenvalue weighted by Crippen LogP contribution is -2.43. The van der Waals surface area contributed by atoms with Crippen molar-refractivity contribution in [1.29, 1.82) is 0 Å². The van der Waals surface area contributed by atoms with Gasteiger partial charge < -0.3 is 19.8 Å². The van der Waals surface area contributed by atoms with E-state index in [-0.39, 0.29) is 10.8 Å². The van der Waals surface area contributed by atoms with Crippen LogP contribution in [-0.2, 0) is 17.4 Å². The van der Waals surface area contributed by atoms with Crippen LogP contribution in [-0.4, -0.2) is 31.1 Å². The average molecular weight is 387 g/mol. The van der Waals surface area contributed by atoms with Gasteiger partial charge in [-0.3, -0.25) is 0 Å². The standard InChI is InChI=1S/C22H34N4O2/c1-8-23-20(25-14-19-24-13-18(28-19)21(2,3)4)26-15-22(5,6)16-10-9-11-17(12-16)27-7/h9-13H,8,14-15H2,1-7H3,(H2,23,25,26). The predicted octanol–water partition coefficient (Wildman–Crippen LogP) is 4.01. The number of aliphatic imine (C=N–C) groups is 1. The largest absolute Gasteiger partial charge is 0.497 e. The summed E-state index contributed by atoms with van der Waals surface area (Å²) in [5.41, 5.74) is 1.06. The number of hydrogen-bond acceptors (Lipinski definition) is 4. The minimum atomic E-state index is -0.0902. The summed E-state index contributed by atoms with van der Waals surface area (Å²) in [4.78, 5) is 8.97. The molecular weight excluding hydrogens is 352 g/mol. The fourth-order valence-corrected chi connectivity index (χ4v) is 2.67. The summed E-state index contributed by atoms with van der Waals surface area (Å²) in [6.07, 6.45) is 1.79. The first-order chi connectivity index (χ1) is 13.2. The molecule has 2 N–H and O–H groups in total. The normalized spacial score (nSPS) is 12.8. The van der Waals surface area contributed by atoms with Crippen LogP contribution in [0.15, 0.2) is 39.9 Å². The second-order valence-corrected chi connectivity index (χ2v) is 8.53. The number of aromatic nitrogens is 1. The molecule has 2 aromatic rings. The Morgan fingerprint density at radius 1 is 1.18 bits per heavy atom. The van der Waals surface area contributed by atoms with Crippen molar-refractivity contribution >= 4 is 5.96 Å². The van der Waals surface area contributed by atoms with E-state index in [9.17, 15) is 0 Å². The molecular formula is C22H34N4O2. The Morgan fingerprint density at radius 3 is 2.54 bits per heavy atom. The molecule has 2 rings (SSSR count). The number of nitrogens with zero attached hydrogens (tertiary/aromatic N) is 2. The second kappa shape index (κ2) is 9.13. The molecule has 0 fully saturated rings. The fourth-order valence-electron chi connectivity index (χ4n) is 2.67. The Hall–Kier alpha value is -2.50. The summed E-state index contributed by atoms with van der Waals surface area (Å²) in [7, 11) is 1.69. The molecule has 0 aliphatic carbocycles. The highest BCUT2D eigenvalue weighted by atomic mass is 16.5. The molecule has 1 heterocycles. The third-order valence-electron chi connectivity index (χ3n) is 4.56. The number of guanidine groups is 1. The number of benzene rings is 1. The third-order valence-corrected chi connectivity index (χ3v) is 4.56. The van der Waals surface area contributed by atoms with E-state index >= 15 is 0 Å². The Kier molecular flexibility index (Phi) is 7.11. The number of methoxy groups -OCH3 is 1. The molecule has 0 atom stereocenters. The van der Waals surface area contributed by atoms with Crippen molar-refractivity contribution in [3.05, 3.63) is 47.7 Å². The summed E-state index contributed by atoms with van der Waals surface area (Å²) in [6.45, 7) is 14.7. The lowest BCUT2D eigenvalue weighted by Gasteiger charge is -2.27. The SMILES string of the molecule is CCNC(=NCc1ncc(C(C)(C)C)o1)NCC(C)(C)c1cccc(OC)c1. The zero-order valence-corrected chi connectivity index (χ0v) is 18.2. The van der Waals surface area contributed by atoms with Gasteiger partial charge in [0.15, 0.2) is 5.96 Å². The highest BCUT2D eigenvalue weighted by Gasteiger charge is 2.22. The number of nitrogens with one attached hydrogen (secondary N) is 2. The minimum absolute atomic E-state index is 0.0571. The average Bonchev–Trinajstić information content (AvgIpc) is 3.13. The van der Waals surface area contributed by atoms with Crippen LogP contribution in [0.2, 0.25) is 0 Å². The van der Waals surface area contributed by atoms with Crippen LogP contribution in [0.25, 0.3) is 0 Å². The maximum absolute atomic E-state index is 5.83. The van der Waals surface area contributed by atoms with Gasteiger partial charge in [-0.15, -0.1) is 0 Å². The second-order valence-electron chi connectivity index (χ2n) is 8.53. The van der Waals surface area contributed by atoms with E-state index in [0.717, 1.165) is 30.6 Å². The molecule has 6 nitrogen and oxygen atoms in total. The molecule has 1 aromatic carbocycles. The Morgan fingerprint density at radius 2 is 1.93 bits per heavy atom. The predicted molar refractivity (Wildman–Crippen MR) is 114 cm³/mol. The molecule has 0 saturated carbocycles. The van der Waals surface area contributed by atoms with Gasteiger partial charge in [0.05, 0.1) is 13.3 Å². The molecule has 0 aliphatic rings. The maximum Gasteiger partial charge on any atom is 0.216 e. The van der Waals surface area contributed by atoms with Crippen molar-refractivity contribution in [1.82, 2.24) is 15.6 Å². The lowest BCUT2D eigenvalue weighted by atomic mass is 9.84. The van der Waals surface area contributed by atoms with Gasteiger partial charge in [0.2, 0.25) is 5.89 Å². The van der Waals surface area contributed by atoms with E-state index in [1.165, 1.54) is 5.56 Å². The van der Waals surface area contributed by atoms with E-state index in [1.807, 2.05) is 19.1 Å². The monoisotopic (exact) mass is 386 g/mol. The molecule has 1 aromatic heterocycles. The topological polar surface area (TPSA) is 71.7 Å². The van der Waals surface area contributed by atoms with E-state index in [4.69, 9.17) is 9.15 Å². The van der Waals surface area contributed by atoms with Crippen LogP contribution < -0.4 is 15.4 Å². The van der Waals surface area contributed by atoms with Crippen molar-refractivity contribution in [2.45, 2.75) is 58.9 Å². The minimum Gasteiger partial charge on any atom is -0.497 e. The highest BCUT2D eigenvalue weighted by Crippen LogP contribution is 2.26. The van der Waals surface area contributed by atoms with E-state index in [2.05, 4.69) is 67.4 Å². The van der Waals surface area contributed by atoms with Crippen LogP contribution in [0.1, 0.15) is 58.8 Å². The number of hydrogen-bond donors (Lipinski definition) is 2. The summed E-state index contributed by atoms with van der Waals surface area (Å²) in [6, 6.07) is 8.17. The molecule has 0 unspecified atom stereocenters. The van der Waals surface area contributed by atoms with Gasteiger partial charge in [-0.1, -0.05) is 46.8 Å². The van der Waals surface area contributed by atoms with Crippen molar-refractivity contribution in [2.75, 3.05) is 20.2 Å². The van der Waals surface area contributed by atoms with Crippen LogP contribution >= 0.6 is 0 Å². The third kappa shape index (κ3) is 6.01. The molecule has 0 spiro atoms. The molecule has 0 saturated heterocycles. The van der Waals surface area contributed by atoms with Crippen molar-refractivity contribution < 1.29 is 9.15 Å². The molecule has 28 heavy (non-hydrogen) atoms. The molecule has 0 amide bonds. The Balaban J connectivity index is 2.05. The quantitative estimate of drug-likeness (QED) is 0.556. The van der Waals surface area contributed by atoms with Crippen LogP contribution in [0, 0.1) is 0 Å². The zero-order chi connectivity index (χ0) is 20.8. The van der Waals surface area contributed by atoms with E-state index in [0.29, 0.717) is 12.4 Å². The van der Waals surface area contributed by atoms with Crippen LogP contribution in [0.4, 0.5) is 0 Å². The van der Waals surface area contributed by atoms with Gasteiger partial charge >= 0.3 is 0 Å². The summed E-state index contributed by atoms with van der Waals surface area (Å²) >= 11 is 0. The molecule has 0 bridgehead atoms. The van der Waals surface area contributed by atoms with Gasteiger partial charge in [-0.2, -0.15) is 0 Å². The Labute approximate surface area is 168 Å². The van der Waals surface area contributed by atoms with Crippen molar-refractivity contribution in [3.63, 3.8) is 0 Å². The van der Waals surface area contributed by atoms with Gasteiger partial charge in [0.1, 0.15) is 18.1 Å². The van der Waals surface area contributed by atoms with E-state index in [1.54, 1.807) is 13.3 Å². The number of oxazole rings is 1. The molecule has 154 valence electrons. The van der Waals surface area contributed by atoms with Gasteiger partial charge in [0.25, 0.3) is 0 Å². The maximum atomic E-state index is 5.83. The first kappa shape index (κ1) is 21.8. The first-order valence-corrected chi connectivity index (χ1v) is 9.77. The summed E-state index contributed by atoms with van der Waals surface area (Å²) < 4.78 is 11.2. The van der Waals surface area contributed by atoms with Crippen LogP contribution in [0.3, 0.4) is 0 Å². The highest BCUT2D eigenvalue weighted by molar-refractivity contribution is 5.79. The number of ether oxygens (including phenoxy) is 1. The fraction of sp³-hybridized carbons (Fsp3) is 0.545. The summed E-state index contributed by atoms with van der Waals surface area (Å²) in [5.74, 6) is 3.10. The lowest BCUT2D eigenvalue weighted by molar-refractivity contribution is 0.383. The smallest absolute Gasteiger partial charge is 0.216 e. The zero-order valence-electron chi connectivity index (χ0n) is 18.2. The number of rotatable bonds is 7. The van der Waals surface area contributed by atoms with Crippen molar-refractivity contribution in [2.24, 2.45) is 4.99 Å².